The summed E-state index contributed by atoms with van der Waals surface area (Å²) in [5, 5.41) is 2.74. The van der Waals surface area contributed by atoms with Crippen LogP contribution < -0.4 is 10.2 Å². The van der Waals surface area contributed by atoms with E-state index < -0.39 is 13.9 Å². The van der Waals surface area contributed by atoms with E-state index in [4.69, 9.17) is 4.52 Å². The van der Waals surface area contributed by atoms with E-state index in [-0.39, 0.29) is 12.5 Å². The van der Waals surface area contributed by atoms with Gasteiger partial charge < -0.3 is 19.3 Å². The number of allylic oxidation sites excluding steroid dienone is 1. The smallest absolute Gasteiger partial charge is 0.328 e. The molecule has 0 spiro atoms. The molecular formula is C40H27NO5P-. The fourth-order valence-corrected chi connectivity index (χ4v) is 4.16. The average Bonchev–Trinajstić information content (AvgIpc) is 3.05. The van der Waals surface area contributed by atoms with Gasteiger partial charge in [-0.15, -0.1) is 0 Å². The van der Waals surface area contributed by atoms with Crippen LogP contribution in [0.15, 0.2) is 52.3 Å². The van der Waals surface area contributed by atoms with Crippen molar-refractivity contribution in [3.8, 4) is 107 Å². The van der Waals surface area contributed by atoms with Gasteiger partial charge in [0.1, 0.15) is 6.11 Å². The minimum atomic E-state index is -4.71. The van der Waals surface area contributed by atoms with Gasteiger partial charge >= 0.3 is 7.82 Å². The van der Waals surface area contributed by atoms with Crippen molar-refractivity contribution in [1.29, 1.82) is 0 Å². The summed E-state index contributed by atoms with van der Waals surface area (Å²) >= 11 is 0. The van der Waals surface area contributed by atoms with Crippen LogP contribution in [0, 0.1) is 113 Å². The summed E-state index contributed by atoms with van der Waals surface area (Å²) in [6, 6.07) is -0.437. The first-order valence-electron chi connectivity index (χ1n) is 14.2. The molecule has 228 valence electrons. The molecule has 0 radical (unpaired) electrons. The quantitative estimate of drug-likeness (QED) is 0.249. The van der Waals surface area contributed by atoms with Crippen LogP contribution >= 0.6 is 7.82 Å². The Kier molecular flexibility index (Phi) is 21.5. The van der Waals surface area contributed by atoms with E-state index >= 15 is 0 Å². The predicted octanol–water partition coefficient (Wildman–Crippen LogP) is 4.00. The molecule has 47 heavy (non-hydrogen) atoms. The molecule has 1 saturated carbocycles. The number of nitrogens with one attached hydrogen (secondary N) is 1. The Morgan fingerprint density at radius 3 is 1.85 bits per heavy atom. The van der Waals surface area contributed by atoms with Crippen LogP contribution in [0.4, 0.5) is 0 Å². The number of rotatable bonds is 8. The number of carbonyl (C=O) groups is 1. The maximum absolute atomic E-state index is 12.0. The molecule has 0 bridgehead atoms. The molecule has 0 aromatic heterocycles. The fraction of sp³-hybridized carbons (Fsp3) is 0.300. The summed E-state index contributed by atoms with van der Waals surface area (Å²) in [6.07, 6.45) is 8.80. The van der Waals surface area contributed by atoms with Crippen LogP contribution in [0.3, 0.4) is 0 Å². The van der Waals surface area contributed by atoms with Crippen molar-refractivity contribution in [3.05, 3.63) is 52.3 Å². The number of amides is 1. The molecule has 1 N–H and O–H groups in total. The number of hydrogen-bond donors (Lipinski definition) is 1. The molecule has 0 aliphatic heterocycles. The zero-order valence-electron chi connectivity index (χ0n) is 26.0. The molecule has 1 fully saturated rings. The molecule has 6 nitrogen and oxygen atoms in total. The molecule has 7 heteroatoms. The van der Waals surface area contributed by atoms with Gasteiger partial charge in [0.2, 0.25) is 5.91 Å². The lowest BCUT2D eigenvalue weighted by atomic mass is 9.85. The molecule has 2 unspecified atom stereocenters. The number of hydrogen-bond acceptors (Lipinski definition) is 5. The second-order valence-corrected chi connectivity index (χ2v) is 10.3. The lowest BCUT2D eigenvalue weighted by molar-refractivity contribution is -0.220. The molecule has 1 rings (SSSR count). The molecular weight excluding hydrogens is 605 g/mol. The highest BCUT2D eigenvalue weighted by Gasteiger charge is 2.22. The molecule has 1 aliphatic rings. The van der Waals surface area contributed by atoms with Gasteiger partial charge in [-0.05, 0) is 113 Å². The van der Waals surface area contributed by atoms with Crippen molar-refractivity contribution in [2.75, 3.05) is 6.61 Å². The third-order valence-electron chi connectivity index (χ3n) is 5.45. The molecule has 0 heterocycles. The van der Waals surface area contributed by atoms with Crippen molar-refractivity contribution < 1.29 is 23.3 Å². The van der Waals surface area contributed by atoms with E-state index in [1.54, 1.807) is 0 Å². The molecule has 2 atom stereocenters. The third kappa shape index (κ3) is 23.8. The van der Waals surface area contributed by atoms with Gasteiger partial charge in [0.25, 0.3) is 0 Å². The maximum atomic E-state index is 12.0. The first-order chi connectivity index (χ1) is 22.9. The van der Waals surface area contributed by atoms with Crippen LogP contribution in [-0.4, -0.2) is 18.6 Å². The molecule has 1 amide bonds. The summed E-state index contributed by atoms with van der Waals surface area (Å²) in [4.78, 5) is 23.5. The number of carbonyl (C=O) groups excluding carboxylic acids is 1. The highest BCUT2D eigenvalue weighted by atomic mass is 31.2. The Hall–Kier alpha value is -6.34. The summed E-state index contributed by atoms with van der Waals surface area (Å²) in [6.45, 7) is 6.40. The van der Waals surface area contributed by atoms with Crippen molar-refractivity contribution in [2.45, 2.75) is 64.8 Å². The highest BCUT2D eigenvalue weighted by molar-refractivity contribution is 7.46. The van der Waals surface area contributed by atoms with Crippen LogP contribution in [0.2, 0.25) is 0 Å². The SMILES string of the molecule is C=C=C=C=C=C=C=C=C(C#CC#CC#CC#CC#CC#CC#CC#CC#COP(=O)([O-])OCC(CC1CCCCC1)NC(C)=O)CC. The van der Waals surface area contributed by atoms with Gasteiger partial charge in [-0.25, -0.2) is 0 Å². The van der Waals surface area contributed by atoms with E-state index in [1.165, 1.54) is 13.3 Å². The fourth-order valence-electron chi connectivity index (χ4n) is 3.59. The first-order valence-corrected chi connectivity index (χ1v) is 15.6. The van der Waals surface area contributed by atoms with Crippen LogP contribution in [0.5, 0.6) is 0 Å². The van der Waals surface area contributed by atoms with Gasteiger partial charge in [-0.2, -0.15) is 0 Å². The topological polar surface area (TPSA) is 87.7 Å². The predicted molar refractivity (Wildman–Crippen MR) is 177 cm³/mol. The van der Waals surface area contributed by atoms with E-state index in [1.807, 2.05) is 13.0 Å². The van der Waals surface area contributed by atoms with Crippen molar-refractivity contribution in [2.24, 2.45) is 5.92 Å². The van der Waals surface area contributed by atoms with E-state index in [9.17, 15) is 14.3 Å². The maximum Gasteiger partial charge on any atom is 0.328 e. The Morgan fingerprint density at radius 1 is 0.809 bits per heavy atom. The molecule has 0 aromatic carbocycles. The Bertz CT molecular complexity index is 2090. The normalized spacial score (nSPS) is 11.5. The van der Waals surface area contributed by atoms with Gasteiger partial charge in [0.15, 0.2) is 0 Å². The number of phosphoric ester groups is 1. The van der Waals surface area contributed by atoms with E-state index in [0.717, 1.165) is 25.7 Å². The second-order valence-electron chi connectivity index (χ2n) is 8.96. The first kappa shape index (κ1) is 38.7. The average molecular weight is 633 g/mol. The Balaban J connectivity index is 2.54. The lowest BCUT2D eigenvalue weighted by Crippen LogP contribution is -2.38. The van der Waals surface area contributed by atoms with Crippen molar-refractivity contribution in [3.63, 3.8) is 0 Å². The monoisotopic (exact) mass is 632 g/mol. The minimum absolute atomic E-state index is 0.234. The summed E-state index contributed by atoms with van der Waals surface area (Å²) in [5.41, 5.74) is 18.7. The molecule has 1 aliphatic carbocycles. The highest BCUT2D eigenvalue weighted by Crippen LogP contribution is 2.38. The molecule has 0 saturated heterocycles. The summed E-state index contributed by atoms with van der Waals surface area (Å²) in [7, 11) is -4.71. The summed E-state index contributed by atoms with van der Waals surface area (Å²) < 4.78 is 21.4. The Morgan fingerprint density at radius 2 is 1.32 bits per heavy atom. The second kappa shape index (κ2) is 26.1. The van der Waals surface area contributed by atoms with Crippen molar-refractivity contribution >= 4 is 13.7 Å². The van der Waals surface area contributed by atoms with Gasteiger partial charge in [-0.1, -0.05) is 44.8 Å². The van der Waals surface area contributed by atoms with E-state index in [2.05, 4.69) is 157 Å². The minimum Gasteiger partial charge on any atom is -0.746 e. The van der Waals surface area contributed by atoms with Crippen molar-refractivity contribution in [1.82, 2.24) is 5.32 Å². The lowest BCUT2D eigenvalue weighted by Gasteiger charge is -2.28. The van der Waals surface area contributed by atoms with Crippen LogP contribution in [-0.2, 0) is 18.4 Å². The zero-order chi connectivity index (χ0) is 34.3. The zero-order valence-corrected chi connectivity index (χ0v) is 26.9. The summed E-state index contributed by atoms with van der Waals surface area (Å²) in [5.74, 6) is 42.4. The van der Waals surface area contributed by atoms with Gasteiger partial charge in [0, 0.05) is 54.3 Å². The Labute approximate surface area is 278 Å². The van der Waals surface area contributed by atoms with Gasteiger partial charge in [-0.3, -0.25) is 9.36 Å². The third-order valence-corrected chi connectivity index (χ3v) is 6.23. The number of phosphoric acid groups is 1. The van der Waals surface area contributed by atoms with Crippen LogP contribution in [0.1, 0.15) is 58.8 Å². The van der Waals surface area contributed by atoms with E-state index in [0.29, 0.717) is 24.3 Å². The standard InChI is InChI=1S/C40H28NO5P/c1-4-6-7-8-21-25-30-38(5-2)31-26-22-19-17-15-13-11-9-10-12-14-16-18-20-23-29-34-45-47(43,44)46-36-40(41-37(3)42)35-39-32-27-24-28-33-39/h39-40H,1,5,24,27-28,32-33,35-36H2,2-3H3,(H,41,42)(H,43,44)/p-1. The molecule has 0 aromatic rings. The largest absolute Gasteiger partial charge is 0.746 e. The van der Waals surface area contributed by atoms with Gasteiger partial charge in [0.05, 0.1) is 18.2 Å². The van der Waals surface area contributed by atoms with Crippen LogP contribution in [0.25, 0.3) is 0 Å².